The Morgan fingerprint density at radius 3 is 2.52 bits per heavy atom. The van der Waals surface area contributed by atoms with Crippen LogP contribution in [0.4, 0.5) is 0 Å². The first kappa shape index (κ1) is 20.1. The summed E-state index contributed by atoms with van der Waals surface area (Å²) in [6.07, 6.45) is 3.03. The Balaban J connectivity index is 1.52. The van der Waals surface area contributed by atoms with E-state index in [1.54, 1.807) is 7.11 Å². The highest BCUT2D eigenvalue weighted by Crippen LogP contribution is 2.38. The smallest absolute Gasteiger partial charge is 0.254 e. The summed E-state index contributed by atoms with van der Waals surface area (Å²) in [5, 5.41) is 13.0. The van der Waals surface area contributed by atoms with Crippen molar-refractivity contribution >= 4 is 16.7 Å². The summed E-state index contributed by atoms with van der Waals surface area (Å²) in [4.78, 5) is 15.4. The van der Waals surface area contributed by atoms with E-state index in [2.05, 4.69) is 43.3 Å². The van der Waals surface area contributed by atoms with Crippen LogP contribution in [-0.4, -0.2) is 35.2 Å². The van der Waals surface area contributed by atoms with Crippen LogP contribution in [0.5, 0.6) is 5.75 Å². The number of fused-ring (bicyclic) bond motifs is 3. The van der Waals surface area contributed by atoms with Crippen molar-refractivity contribution in [2.24, 2.45) is 5.92 Å². The van der Waals surface area contributed by atoms with Gasteiger partial charge in [0.05, 0.1) is 19.3 Å². The Hall–Kier alpha value is -2.85. The van der Waals surface area contributed by atoms with Gasteiger partial charge in [-0.25, -0.2) is 0 Å². The second kappa shape index (κ2) is 8.01. The normalized spacial score (nSPS) is 23.3. The van der Waals surface area contributed by atoms with Gasteiger partial charge in [-0.15, -0.1) is 0 Å². The van der Waals surface area contributed by atoms with Crippen molar-refractivity contribution in [2.75, 3.05) is 7.11 Å². The summed E-state index contributed by atoms with van der Waals surface area (Å²) in [7, 11) is 1.67. The van der Waals surface area contributed by atoms with Gasteiger partial charge in [-0.3, -0.25) is 4.79 Å². The highest BCUT2D eigenvalue weighted by atomic mass is 16.5. The summed E-state index contributed by atoms with van der Waals surface area (Å²) in [6.45, 7) is 2.77. The predicted molar refractivity (Wildman–Crippen MR) is 122 cm³/mol. The molecule has 1 unspecified atom stereocenters. The van der Waals surface area contributed by atoms with E-state index in [0.29, 0.717) is 12.5 Å². The average Bonchev–Trinajstić information content (AvgIpc) is 3.11. The Morgan fingerprint density at radius 2 is 1.81 bits per heavy atom. The van der Waals surface area contributed by atoms with E-state index in [4.69, 9.17) is 4.74 Å². The number of nitrogens with zero attached hydrogens (tertiary/aromatic N) is 1. The quantitative estimate of drug-likeness (QED) is 0.656. The first-order valence-electron chi connectivity index (χ1n) is 11.2. The molecule has 4 nitrogen and oxygen atoms in total. The van der Waals surface area contributed by atoms with Crippen LogP contribution in [0.25, 0.3) is 10.8 Å². The fourth-order valence-electron chi connectivity index (χ4n) is 5.34. The zero-order valence-electron chi connectivity index (χ0n) is 18.2. The van der Waals surface area contributed by atoms with Gasteiger partial charge in [0, 0.05) is 12.1 Å². The molecule has 0 aromatic heterocycles. The molecule has 3 aromatic carbocycles. The van der Waals surface area contributed by atoms with E-state index in [1.807, 2.05) is 23.1 Å². The van der Waals surface area contributed by atoms with Gasteiger partial charge in [-0.05, 0) is 77.3 Å². The summed E-state index contributed by atoms with van der Waals surface area (Å²) < 4.78 is 5.28. The molecule has 2 aliphatic rings. The SMILES string of the molecule is COc1ccc(Cc2cc3c(c4ccccc24)CN([C@H]2CCC(C)C[C@@H]2O)C3=O)cc1. The van der Waals surface area contributed by atoms with Gasteiger partial charge >= 0.3 is 0 Å². The second-order valence-corrected chi connectivity index (χ2v) is 9.12. The van der Waals surface area contributed by atoms with E-state index in [-0.39, 0.29) is 11.9 Å². The molecule has 1 saturated carbocycles. The van der Waals surface area contributed by atoms with Crippen molar-refractivity contribution in [2.45, 2.75) is 51.3 Å². The molecule has 1 heterocycles. The topological polar surface area (TPSA) is 49.8 Å². The lowest BCUT2D eigenvalue weighted by atomic mass is 9.84. The molecule has 1 fully saturated rings. The third-order valence-electron chi connectivity index (χ3n) is 7.06. The molecule has 1 aliphatic carbocycles. The molecule has 4 heteroatoms. The van der Waals surface area contributed by atoms with Gasteiger partial charge in [-0.1, -0.05) is 43.3 Å². The van der Waals surface area contributed by atoms with Gasteiger partial charge in [0.15, 0.2) is 0 Å². The van der Waals surface area contributed by atoms with Crippen molar-refractivity contribution in [1.82, 2.24) is 4.90 Å². The third-order valence-corrected chi connectivity index (χ3v) is 7.06. The van der Waals surface area contributed by atoms with Gasteiger partial charge in [0.25, 0.3) is 5.91 Å². The van der Waals surface area contributed by atoms with Crippen LogP contribution >= 0.6 is 0 Å². The molecule has 31 heavy (non-hydrogen) atoms. The van der Waals surface area contributed by atoms with Crippen LogP contribution in [0.15, 0.2) is 54.6 Å². The van der Waals surface area contributed by atoms with Gasteiger partial charge in [0.2, 0.25) is 0 Å². The zero-order chi connectivity index (χ0) is 21.5. The van der Waals surface area contributed by atoms with Gasteiger partial charge < -0.3 is 14.7 Å². The summed E-state index contributed by atoms with van der Waals surface area (Å²) >= 11 is 0. The first-order chi connectivity index (χ1) is 15.0. The molecular formula is C27H29NO3. The highest BCUT2D eigenvalue weighted by molar-refractivity contribution is 6.05. The van der Waals surface area contributed by atoms with Gasteiger partial charge in [0.1, 0.15) is 5.75 Å². The minimum absolute atomic E-state index is 0.0651. The Bertz CT molecular complexity index is 1120. The molecule has 1 aliphatic heterocycles. The lowest BCUT2D eigenvalue weighted by Crippen LogP contribution is -2.46. The van der Waals surface area contributed by atoms with E-state index in [1.165, 1.54) is 10.9 Å². The maximum atomic E-state index is 13.5. The van der Waals surface area contributed by atoms with E-state index >= 15 is 0 Å². The van der Waals surface area contributed by atoms with E-state index in [9.17, 15) is 9.90 Å². The molecule has 3 atom stereocenters. The van der Waals surface area contributed by atoms with Crippen LogP contribution < -0.4 is 4.74 Å². The molecule has 160 valence electrons. The Kier molecular flexibility index (Phi) is 5.19. The van der Waals surface area contributed by atoms with Crippen molar-refractivity contribution in [3.63, 3.8) is 0 Å². The number of carbonyl (C=O) groups is 1. The molecule has 3 aromatic rings. The van der Waals surface area contributed by atoms with Crippen LogP contribution in [-0.2, 0) is 13.0 Å². The minimum atomic E-state index is -0.438. The maximum Gasteiger partial charge on any atom is 0.254 e. The summed E-state index contributed by atoms with van der Waals surface area (Å²) in [5.41, 5.74) is 4.25. The summed E-state index contributed by atoms with van der Waals surface area (Å²) in [5.74, 6) is 1.42. The third kappa shape index (κ3) is 3.59. The predicted octanol–water partition coefficient (Wildman–Crippen LogP) is 4.94. The second-order valence-electron chi connectivity index (χ2n) is 9.12. The maximum absolute atomic E-state index is 13.5. The monoisotopic (exact) mass is 415 g/mol. The number of ether oxygens (including phenoxy) is 1. The molecule has 0 saturated heterocycles. The first-order valence-corrected chi connectivity index (χ1v) is 11.2. The number of hydrogen-bond donors (Lipinski definition) is 1. The highest BCUT2D eigenvalue weighted by Gasteiger charge is 2.39. The number of rotatable bonds is 4. The molecule has 1 N–H and O–H groups in total. The average molecular weight is 416 g/mol. The summed E-state index contributed by atoms with van der Waals surface area (Å²) in [6, 6.07) is 18.5. The number of amides is 1. The van der Waals surface area contributed by atoms with Gasteiger partial charge in [-0.2, -0.15) is 0 Å². The minimum Gasteiger partial charge on any atom is -0.497 e. The lowest BCUT2D eigenvalue weighted by molar-refractivity contribution is 0.00783. The number of benzene rings is 3. The molecule has 0 bridgehead atoms. The zero-order valence-corrected chi connectivity index (χ0v) is 18.2. The fraction of sp³-hybridized carbons (Fsp3) is 0.370. The standard InChI is InChI=1S/C27H29NO3/c1-17-7-12-25(26(29)13-17)28-16-24-22-6-4-3-5-21(22)19(15-23(24)27(28)30)14-18-8-10-20(31-2)11-9-18/h3-6,8-11,15,17,25-26,29H,7,12-14,16H2,1-2H3/t17?,25-,26-/m0/s1. The fourth-order valence-corrected chi connectivity index (χ4v) is 5.34. The van der Waals surface area contributed by atoms with Crippen molar-refractivity contribution in [1.29, 1.82) is 0 Å². The van der Waals surface area contributed by atoms with E-state index < -0.39 is 6.10 Å². The number of aliphatic hydroxyl groups is 1. The van der Waals surface area contributed by atoms with Crippen LogP contribution in [0, 0.1) is 5.92 Å². The molecular weight excluding hydrogens is 386 g/mol. The van der Waals surface area contributed by atoms with E-state index in [0.717, 1.165) is 53.5 Å². The number of hydrogen-bond acceptors (Lipinski definition) is 3. The number of carbonyl (C=O) groups excluding carboxylic acids is 1. The number of methoxy groups -OCH3 is 1. The van der Waals surface area contributed by atoms with Crippen molar-refractivity contribution < 1.29 is 14.6 Å². The van der Waals surface area contributed by atoms with Crippen molar-refractivity contribution in [3.05, 3.63) is 76.9 Å². The Morgan fingerprint density at radius 1 is 1.06 bits per heavy atom. The Labute approximate surface area is 183 Å². The van der Waals surface area contributed by atoms with Crippen molar-refractivity contribution in [3.8, 4) is 5.75 Å². The van der Waals surface area contributed by atoms with Crippen LogP contribution in [0.1, 0.15) is 53.2 Å². The molecule has 0 radical (unpaired) electrons. The van der Waals surface area contributed by atoms with Crippen LogP contribution in [0.3, 0.4) is 0 Å². The number of aliphatic hydroxyl groups excluding tert-OH is 1. The molecule has 1 amide bonds. The molecule has 5 rings (SSSR count). The molecule has 0 spiro atoms. The largest absolute Gasteiger partial charge is 0.497 e. The lowest BCUT2D eigenvalue weighted by Gasteiger charge is -2.37. The van der Waals surface area contributed by atoms with Crippen LogP contribution in [0.2, 0.25) is 0 Å².